The molecule has 0 aliphatic heterocycles. The molecule has 0 fully saturated rings. The number of aliphatic hydroxyl groups excluding tert-OH is 1. The molecule has 1 aromatic heterocycles. The molecule has 0 amide bonds. The number of fused-ring (bicyclic) bond motifs is 1. The van der Waals surface area contributed by atoms with Crippen LogP contribution >= 0.6 is 0 Å². The summed E-state index contributed by atoms with van der Waals surface area (Å²) in [6.45, 7) is 6.07. The van der Waals surface area contributed by atoms with Gasteiger partial charge in [-0.15, -0.1) is 0 Å². The van der Waals surface area contributed by atoms with E-state index in [1.165, 1.54) is 0 Å². The van der Waals surface area contributed by atoms with Crippen LogP contribution in [0.1, 0.15) is 36.7 Å². The lowest BCUT2D eigenvalue weighted by atomic mass is 10.0. The number of allylic oxidation sites excluding steroid dienone is 1. The SMILES string of the molecule is Cc1ccc(C(C)C)c(OC/C(O)=C(/C#N)c2nc3ccccc3[nH]2)c1. The van der Waals surface area contributed by atoms with Crippen molar-refractivity contribution < 1.29 is 9.84 Å². The van der Waals surface area contributed by atoms with E-state index in [1.54, 1.807) is 0 Å². The van der Waals surface area contributed by atoms with E-state index in [0.29, 0.717) is 17.5 Å². The molecule has 3 rings (SSSR count). The van der Waals surface area contributed by atoms with Crippen molar-refractivity contribution in [1.82, 2.24) is 9.97 Å². The molecule has 26 heavy (non-hydrogen) atoms. The number of hydrogen-bond donors (Lipinski definition) is 2. The molecule has 2 N–H and O–H groups in total. The van der Waals surface area contributed by atoms with E-state index >= 15 is 0 Å². The number of nitrogens with one attached hydrogen (secondary N) is 1. The lowest BCUT2D eigenvalue weighted by Gasteiger charge is -2.15. The quantitative estimate of drug-likeness (QED) is 0.510. The fraction of sp³-hybridized carbons (Fsp3) is 0.238. The van der Waals surface area contributed by atoms with E-state index in [4.69, 9.17) is 4.74 Å². The lowest BCUT2D eigenvalue weighted by Crippen LogP contribution is -2.06. The molecule has 0 saturated heterocycles. The summed E-state index contributed by atoms with van der Waals surface area (Å²) in [5.74, 6) is 1.20. The third-order valence-corrected chi connectivity index (χ3v) is 4.18. The maximum absolute atomic E-state index is 10.4. The Morgan fingerprint density at radius 1 is 1.27 bits per heavy atom. The van der Waals surface area contributed by atoms with Crippen molar-refractivity contribution in [2.75, 3.05) is 6.61 Å². The molecule has 3 aromatic rings. The maximum atomic E-state index is 10.4. The van der Waals surface area contributed by atoms with Crippen LogP contribution in [0.4, 0.5) is 0 Å². The maximum Gasteiger partial charge on any atom is 0.152 e. The number of nitriles is 1. The van der Waals surface area contributed by atoms with Crippen molar-refractivity contribution in [1.29, 1.82) is 5.26 Å². The Kier molecular flexibility index (Phi) is 4.94. The molecule has 0 radical (unpaired) electrons. The Labute approximate surface area is 152 Å². The van der Waals surface area contributed by atoms with Gasteiger partial charge < -0.3 is 14.8 Å². The van der Waals surface area contributed by atoms with Crippen LogP contribution < -0.4 is 4.74 Å². The standard InChI is InChI=1S/C21H21N3O2/c1-13(2)15-9-8-14(3)10-20(15)26-12-19(25)16(11-22)21-23-17-6-4-5-7-18(17)24-21/h4-10,13,25H,12H2,1-3H3,(H,23,24)/b19-16+. The Balaban J connectivity index is 1.88. The number of nitrogens with zero attached hydrogens (tertiary/aromatic N) is 2. The van der Waals surface area contributed by atoms with E-state index in [0.717, 1.165) is 22.2 Å². The third kappa shape index (κ3) is 3.55. The van der Waals surface area contributed by atoms with Crippen LogP contribution in [0, 0.1) is 18.3 Å². The minimum Gasteiger partial charge on any atom is -0.507 e. The summed E-state index contributed by atoms with van der Waals surface area (Å²) in [7, 11) is 0. The highest BCUT2D eigenvalue weighted by molar-refractivity contribution is 5.82. The predicted molar refractivity (Wildman–Crippen MR) is 102 cm³/mol. The fourth-order valence-electron chi connectivity index (χ4n) is 2.79. The summed E-state index contributed by atoms with van der Waals surface area (Å²) in [6, 6.07) is 15.5. The highest BCUT2D eigenvalue weighted by Gasteiger charge is 2.15. The second-order valence-corrected chi connectivity index (χ2v) is 6.52. The van der Waals surface area contributed by atoms with E-state index in [1.807, 2.05) is 55.5 Å². The average molecular weight is 347 g/mol. The van der Waals surface area contributed by atoms with Gasteiger partial charge in [-0.05, 0) is 42.2 Å². The number of H-pyrrole nitrogens is 1. The van der Waals surface area contributed by atoms with Crippen LogP contribution in [-0.2, 0) is 0 Å². The number of aliphatic hydroxyl groups is 1. The van der Waals surface area contributed by atoms with Crippen molar-refractivity contribution in [2.45, 2.75) is 26.7 Å². The monoisotopic (exact) mass is 347 g/mol. The van der Waals surface area contributed by atoms with Gasteiger partial charge in [0, 0.05) is 0 Å². The third-order valence-electron chi connectivity index (χ3n) is 4.18. The van der Waals surface area contributed by atoms with Crippen LogP contribution in [0.3, 0.4) is 0 Å². The summed E-state index contributed by atoms with van der Waals surface area (Å²) in [5.41, 5.74) is 3.77. The van der Waals surface area contributed by atoms with Crippen molar-refractivity contribution in [3.63, 3.8) is 0 Å². The van der Waals surface area contributed by atoms with Crippen LogP contribution in [0.15, 0.2) is 48.2 Å². The van der Waals surface area contributed by atoms with E-state index in [2.05, 4.69) is 23.8 Å². The molecule has 0 atom stereocenters. The van der Waals surface area contributed by atoms with Gasteiger partial charge >= 0.3 is 0 Å². The number of para-hydroxylation sites is 2. The zero-order valence-corrected chi connectivity index (χ0v) is 15.1. The lowest BCUT2D eigenvalue weighted by molar-refractivity contribution is 0.270. The molecule has 2 aromatic carbocycles. The fourth-order valence-corrected chi connectivity index (χ4v) is 2.79. The zero-order valence-electron chi connectivity index (χ0n) is 15.1. The summed E-state index contributed by atoms with van der Waals surface area (Å²) >= 11 is 0. The van der Waals surface area contributed by atoms with Gasteiger partial charge in [0.15, 0.2) is 11.6 Å². The van der Waals surface area contributed by atoms with Gasteiger partial charge in [0.2, 0.25) is 0 Å². The first-order chi connectivity index (χ1) is 12.5. The smallest absolute Gasteiger partial charge is 0.152 e. The molecule has 0 spiro atoms. The van der Waals surface area contributed by atoms with Crippen LogP contribution in [0.2, 0.25) is 0 Å². The number of imidazole rings is 1. The minimum atomic E-state index is -0.150. The molecule has 0 aliphatic rings. The first-order valence-electron chi connectivity index (χ1n) is 8.50. The van der Waals surface area contributed by atoms with Crippen molar-refractivity contribution in [3.05, 3.63) is 65.2 Å². The number of benzene rings is 2. The summed E-state index contributed by atoms with van der Waals surface area (Å²) in [4.78, 5) is 7.43. The van der Waals surface area contributed by atoms with E-state index in [9.17, 15) is 10.4 Å². The average Bonchev–Trinajstić information content (AvgIpc) is 3.04. The van der Waals surface area contributed by atoms with Crippen molar-refractivity contribution >= 4 is 16.6 Å². The largest absolute Gasteiger partial charge is 0.507 e. The van der Waals surface area contributed by atoms with Crippen LogP contribution in [0.5, 0.6) is 5.75 Å². The topological polar surface area (TPSA) is 81.9 Å². The van der Waals surface area contributed by atoms with Gasteiger partial charge in [0.05, 0.1) is 11.0 Å². The first kappa shape index (κ1) is 17.6. The summed E-state index contributed by atoms with van der Waals surface area (Å²) < 4.78 is 5.82. The number of aromatic amines is 1. The van der Waals surface area contributed by atoms with Gasteiger partial charge in [-0.3, -0.25) is 0 Å². The van der Waals surface area contributed by atoms with Gasteiger partial charge in [-0.1, -0.05) is 38.1 Å². The Bertz CT molecular complexity index is 977. The highest BCUT2D eigenvalue weighted by atomic mass is 16.5. The molecule has 5 heteroatoms. The second-order valence-electron chi connectivity index (χ2n) is 6.52. The predicted octanol–water partition coefficient (Wildman–Crippen LogP) is 4.87. The van der Waals surface area contributed by atoms with Crippen LogP contribution in [0.25, 0.3) is 16.6 Å². The van der Waals surface area contributed by atoms with Gasteiger partial charge in [0.25, 0.3) is 0 Å². The summed E-state index contributed by atoms with van der Waals surface area (Å²) in [5, 5.41) is 19.9. The van der Waals surface area contributed by atoms with E-state index in [-0.39, 0.29) is 17.9 Å². The Morgan fingerprint density at radius 3 is 2.73 bits per heavy atom. The van der Waals surface area contributed by atoms with Crippen molar-refractivity contribution in [3.8, 4) is 11.8 Å². The molecule has 0 saturated carbocycles. The molecule has 132 valence electrons. The van der Waals surface area contributed by atoms with Gasteiger partial charge in [0.1, 0.15) is 24.0 Å². The van der Waals surface area contributed by atoms with Gasteiger partial charge in [-0.25, -0.2) is 4.98 Å². The minimum absolute atomic E-state index is 0.0833. The highest BCUT2D eigenvalue weighted by Crippen LogP contribution is 2.28. The molecule has 0 aliphatic carbocycles. The summed E-state index contributed by atoms with van der Waals surface area (Å²) in [6.07, 6.45) is 0. The van der Waals surface area contributed by atoms with Crippen LogP contribution in [-0.4, -0.2) is 21.7 Å². The first-order valence-corrected chi connectivity index (χ1v) is 8.50. The number of ether oxygens (including phenoxy) is 1. The number of aryl methyl sites for hydroxylation is 1. The van der Waals surface area contributed by atoms with Crippen molar-refractivity contribution in [2.24, 2.45) is 0 Å². The molecule has 5 nitrogen and oxygen atoms in total. The Morgan fingerprint density at radius 2 is 2.04 bits per heavy atom. The molecule has 0 unspecified atom stereocenters. The number of hydrogen-bond acceptors (Lipinski definition) is 4. The van der Waals surface area contributed by atoms with E-state index < -0.39 is 0 Å². The molecule has 0 bridgehead atoms. The molecular formula is C21H21N3O2. The number of rotatable bonds is 5. The Hall–Kier alpha value is -3.26. The zero-order chi connectivity index (χ0) is 18.7. The second kappa shape index (κ2) is 7.32. The number of aromatic nitrogens is 2. The molecule has 1 heterocycles. The normalized spacial score (nSPS) is 12.1. The molecular weight excluding hydrogens is 326 g/mol. The van der Waals surface area contributed by atoms with Gasteiger partial charge in [-0.2, -0.15) is 5.26 Å².